The van der Waals surface area contributed by atoms with Crippen LogP contribution in [0, 0.1) is 0 Å². The number of aliphatic hydroxyl groups excluding tert-OH is 11. The van der Waals surface area contributed by atoms with Crippen molar-refractivity contribution in [3.05, 3.63) is 97.2 Å². The zero-order chi connectivity index (χ0) is 78.8. The number of hydrogen-bond donors (Lipinski definition) is 12. The second kappa shape index (κ2) is 69.1. The molecule has 17 atom stereocenters. The molecule has 0 aromatic heterocycles. The second-order valence-electron chi connectivity index (χ2n) is 31.0. The Hall–Kier alpha value is -3.29. The smallest absolute Gasteiger partial charge is 0.220 e. The maximum absolute atomic E-state index is 13.5. The molecular formula is C90H159NO18. The SMILES string of the molecule is CC/C=C\C/C=C\C/C=C\C/C=C\C/C=C\CCCCCCCCCCCCCCCCCCCC(=O)NC(COC1OC(CO)C(OC2OC(CO)C(OC3OC(CO)C(O)C(O)C3O)C(O)C2O)C(O)C1O)C(O)/C=C/CC/C=C/CC/C=C/CCCCCCCCCCCCCCCCCCCCCCC. The molecule has 3 saturated heterocycles. The number of unbranched alkanes of at least 4 members (excludes halogenated alkanes) is 40. The summed E-state index contributed by atoms with van der Waals surface area (Å²) in [6.45, 7) is 1.64. The first-order valence-corrected chi connectivity index (χ1v) is 44.0. The van der Waals surface area contributed by atoms with E-state index in [0.29, 0.717) is 12.8 Å². The van der Waals surface area contributed by atoms with Crippen LogP contribution in [0.5, 0.6) is 0 Å². The highest BCUT2D eigenvalue weighted by molar-refractivity contribution is 5.76. The van der Waals surface area contributed by atoms with E-state index in [1.807, 2.05) is 6.08 Å². The summed E-state index contributed by atoms with van der Waals surface area (Å²) >= 11 is 0. The van der Waals surface area contributed by atoms with Crippen molar-refractivity contribution in [2.75, 3.05) is 26.4 Å². The summed E-state index contributed by atoms with van der Waals surface area (Å²) in [6, 6.07) is -1.00. The Labute approximate surface area is 660 Å². The summed E-state index contributed by atoms with van der Waals surface area (Å²) in [5.74, 6) is -0.288. The van der Waals surface area contributed by atoms with Crippen LogP contribution in [0.15, 0.2) is 97.2 Å². The normalized spacial score (nSPS) is 25.8. The third-order valence-corrected chi connectivity index (χ3v) is 21.3. The molecule has 109 heavy (non-hydrogen) atoms. The van der Waals surface area contributed by atoms with E-state index in [1.54, 1.807) is 6.08 Å². The molecule has 3 aliphatic rings. The van der Waals surface area contributed by atoms with Crippen molar-refractivity contribution < 1.29 is 89.4 Å². The number of carbonyl (C=O) groups is 1. The minimum absolute atomic E-state index is 0.229. The summed E-state index contributed by atoms with van der Waals surface area (Å²) in [6.07, 6.45) is 68.4. The molecule has 19 nitrogen and oxygen atoms in total. The van der Waals surface area contributed by atoms with Crippen LogP contribution < -0.4 is 5.32 Å². The van der Waals surface area contributed by atoms with Gasteiger partial charge in [-0.15, -0.1) is 0 Å². The van der Waals surface area contributed by atoms with Crippen molar-refractivity contribution in [2.45, 2.75) is 439 Å². The van der Waals surface area contributed by atoms with Crippen molar-refractivity contribution in [1.82, 2.24) is 5.32 Å². The highest BCUT2D eigenvalue weighted by Gasteiger charge is 2.54. The first-order chi connectivity index (χ1) is 53.3. The first kappa shape index (κ1) is 99.9. The minimum Gasteiger partial charge on any atom is -0.394 e. The van der Waals surface area contributed by atoms with Crippen molar-refractivity contribution in [1.29, 1.82) is 0 Å². The van der Waals surface area contributed by atoms with Gasteiger partial charge in [0, 0.05) is 6.42 Å². The quantitative estimate of drug-likeness (QED) is 0.0199. The van der Waals surface area contributed by atoms with Gasteiger partial charge in [0.2, 0.25) is 5.91 Å². The third-order valence-electron chi connectivity index (χ3n) is 21.3. The Morgan fingerprint density at radius 3 is 1.03 bits per heavy atom. The Kier molecular flexibility index (Phi) is 63.3. The van der Waals surface area contributed by atoms with Gasteiger partial charge < -0.3 is 89.9 Å². The van der Waals surface area contributed by atoms with Gasteiger partial charge in [0.15, 0.2) is 18.9 Å². The number of rotatable bonds is 70. The van der Waals surface area contributed by atoms with Crippen LogP contribution in [-0.2, 0) is 33.2 Å². The average molecular weight is 1540 g/mol. The summed E-state index contributed by atoms with van der Waals surface area (Å²) in [7, 11) is 0. The van der Waals surface area contributed by atoms with Gasteiger partial charge in [0.1, 0.15) is 73.2 Å². The minimum atomic E-state index is -1.99. The van der Waals surface area contributed by atoms with Crippen LogP contribution >= 0.6 is 0 Å². The fraction of sp³-hybridized carbons (Fsp3) is 0.811. The number of nitrogens with one attached hydrogen (secondary N) is 1. The summed E-state index contributed by atoms with van der Waals surface area (Å²) in [5.41, 5.74) is 0. The molecular weight excluding hydrogens is 1380 g/mol. The Morgan fingerprint density at radius 2 is 0.642 bits per heavy atom. The lowest BCUT2D eigenvalue weighted by atomic mass is 9.96. The van der Waals surface area contributed by atoms with Crippen LogP contribution in [0.25, 0.3) is 0 Å². The van der Waals surface area contributed by atoms with E-state index in [-0.39, 0.29) is 18.9 Å². The summed E-state index contributed by atoms with van der Waals surface area (Å²) in [4.78, 5) is 13.5. The van der Waals surface area contributed by atoms with E-state index in [1.165, 1.54) is 225 Å². The lowest BCUT2D eigenvalue weighted by Crippen LogP contribution is -2.66. The molecule has 0 saturated carbocycles. The average Bonchev–Trinajstić information content (AvgIpc) is 0.782. The van der Waals surface area contributed by atoms with Crippen LogP contribution in [0.2, 0.25) is 0 Å². The van der Waals surface area contributed by atoms with E-state index in [2.05, 4.69) is 104 Å². The molecule has 12 N–H and O–H groups in total. The molecule has 0 bridgehead atoms. The second-order valence-corrected chi connectivity index (χ2v) is 31.0. The van der Waals surface area contributed by atoms with Crippen molar-refractivity contribution in [3.63, 3.8) is 0 Å². The maximum atomic E-state index is 13.5. The van der Waals surface area contributed by atoms with E-state index >= 15 is 0 Å². The van der Waals surface area contributed by atoms with Gasteiger partial charge in [-0.1, -0.05) is 336 Å². The predicted molar refractivity (Wildman–Crippen MR) is 438 cm³/mol. The Bertz CT molecular complexity index is 2340. The number of aliphatic hydroxyl groups is 11. The fourth-order valence-corrected chi connectivity index (χ4v) is 14.4. The molecule has 19 heteroatoms. The van der Waals surface area contributed by atoms with Gasteiger partial charge in [-0.2, -0.15) is 0 Å². The summed E-state index contributed by atoms with van der Waals surface area (Å²) < 4.78 is 34.5. The number of allylic oxidation sites excluding steroid dienone is 15. The molecule has 0 aromatic carbocycles. The van der Waals surface area contributed by atoms with Crippen LogP contribution in [0.1, 0.15) is 335 Å². The maximum Gasteiger partial charge on any atom is 0.220 e. The highest BCUT2D eigenvalue weighted by atomic mass is 16.8. The standard InChI is InChI=1S/C90H159NO18/c1-3-5-7-9-11-13-15-17-19-21-23-25-27-29-31-33-35-36-38-40-42-44-46-48-50-52-54-56-58-60-62-64-66-68-78(96)91-73(74(95)67-65-63-61-59-57-55-53-51-49-47-45-43-41-39-37-34-32-30-28-26-24-22-20-18-16-14-12-10-8-6-4-2)72-104-88-84(102)81(99)86(76(70-93)106-88)109-90-85(103)82(100)87(77(71-94)107-90)108-89-83(101)80(98)79(97)75(69-92)105-89/h5,7,11,13,17,19,23,25,29,31,49,51,57,59,65,67,73-77,79-90,92-95,97-103H,3-4,6,8-10,12,14-16,18,20-22,24,26-28,30,32-48,50,52-56,58,60-64,66,68-72H2,1-2H3,(H,91,96)/b7-5-,13-11-,19-17-,25-23-,31-29-,51-49+,59-57+,67-65+. The number of amides is 1. The number of ether oxygens (including phenoxy) is 6. The molecule has 3 aliphatic heterocycles. The molecule has 3 heterocycles. The Balaban J connectivity index is 1.36. The van der Waals surface area contributed by atoms with Gasteiger partial charge in [-0.05, 0) is 89.9 Å². The van der Waals surface area contributed by atoms with E-state index in [0.717, 1.165) is 77.0 Å². The molecule has 17 unspecified atom stereocenters. The van der Waals surface area contributed by atoms with Gasteiger partial charge in [0.25, 0.3) is 0 Å². The topological polar surface area (TPSA) is 307 Å². The van der Waals surface area contributed by atoms with Gasteiger partial charge >= 0.3 is 0 Å². The molecule has 0 aliphatic carbocycles. The van der Waals surface area contributed by atoms with Crippen molar-refractivity contribution in [2.24, 2.45) is 0 Å². The van der Waals surface area contributed by atoms with E-state index in [4.69, 9.17) is 28.4 Å². The van der Waals surface area contributed by atoms with Crippen LogP contribution in [0.4, 0.5) is 0 Å². The summed E-state index contributed by atoms with van der Waals surface area (Å²) in [5, 5.41) is 121. The number of carbonyl (C=O) groups excluding carboxylic acids is 1. The van der Waals surface area contributed by atoms with Crippen LogP contribution in [-0.4, -0.2) is 193 Å². The zero-order valence-electron chi connectivity index (χ0n) is 68.0. The molecule has 0 radical (unpaired) electrons. The zero-order valence-corrected chi connectivity index (χ0v) is 68.0. The van der Waals surface area contributed by atoms with Crippen molar-refractivity contribution >= 4 is 5.91 Å². The van der Waals surface area contributed by atoms with Gasteiger partial charge in [-0.3, -0.25) is 4.79 Å². The van der Waals surface area contributed by atoms with E-state index in [9.17, 15) is 61.0 Å². The van der Waals surface area contributed by atoms with Crippen molar-refractivity contribution in [3.8, 4) is 0 Å². The predicted octanol–water partition coefficient (Wildman–Crippen LogP) is 16.3. The molecule has 0 spiro atoms. The third kappa shape index (κ3) is 48.0. The fourth-order valence-electron chi connectivity index (χ4n) is 14.4. The molecule has 0 aromatic rings. The molecule has 632 valence electrons. The Morgan fingerprint density at radius 1 is 0.339 bits per heavy atom. The molecule has 3 rings (SSSR count). The highest BCUT2D eigenvalue weighted by Crippen LogP contribution is 2.33. The lowest BCUT2D eigenvalue weighted by molar-refractivity contribution is -0.379. The molecule has 1 amide bonds. The van der Waals surface area contributed by atoms with Crippen LogP contribution in [0.3, 0.4) is 0 Å². The lowest BCUT2D eigenvalue weighted by Gasteiger charge is -2.48. The first-order valence-electron chi connectivity index (χ1n) is 44.0. The monoisotopic (exact) mass is 1540 g/mol. The van der Waals surface area contributed by atoms with Gasteiger partial charge in [-0.25, -0.2) is 0 Å². The van der Waals surface area contributed by atoms with E-state index < -0.39 is 124 Å². The number of hydrogen-bond acceptors (Lipinski definition) is 18. The van der Waals surface area contributed by atoms with Gasteiger partial charge in [0.05, 0.1) is 38.6 Å². The molecule has 3 fully saturated rings. The largest absolute Gasteiger partial charge is 0.394 e.